The fourth-order valence-corrected chi connectivity index (χ4v) is 1.35. The van der Waals surface area contributed by atoms with Crippen molar-refractivity contribution >= 4 is 0 Å². The maximum Gasteiger partial charge on any atom is 0.0459 e. The Kier molecular flexibility index (Phi) is 5.56. The van der Waals surface area contributed by atoms with Gasteiger partial charge in [-0.25, -0.2) is 0 Å². The molecule has 0 aromatic heterocycles. The lowest BCUT2D eigenvalue weighted by Crippen LogP contribution is -2.08. The monoisotopic (exact) mass is 172 g/mol. The van der Waals surface area contributed by atoms with E-state index in [9.17, 15) is 0 Å². The predicted molar refractivity (Wildman–Crippen MR) is 54.2 cm³/mol. The van der Waals surface area contributed by atoms with Gasteiger partial charge in [-0.2, -0.15) is 0 Å². The van der Waals surface area contributed by atoms with Crippen molar-refractivity contribution in [2.24, 2.45) is 11.3 Å². The summed E-state index contributed by atoms with van der Waals surface area (Å²) in [6.45, 7) is 9.32. The predicted octanol–water partition coefficient (Wildman–Crippen LogP) is 3.22. The van der Waals surface area contributed by atoms with Gasteiger partial charge in [-0.1, -0.05) is 40.5 Å². The molecule has 0 fully saturated rings. The van der Waals surface area contributed by atoms with Gasteiger partial charge in [0.1, 0.15) is 0 Å². The molecular formula is C11H24O. The fraction of sp³-hybridized carbons (Fsp3) is 1.00. The average Bonchev–Trinajstić information content (AvgIpc) is 1.96. The third kappa shape index (κ3) is 6.66. The van der Waals surface area contributed by atoms with Crippen LogP contribution in [0.3, 0.4) is 0 Å². The lowest BCUT2D eigenvalue weighted by Gasteiger charge is -2.19. The minimum Gasteiger partial charge on any atom is -0.396 e. The summed E-state index contributed by atoms with van der Waals surface area (Å²) in [7, 11) is 0. The highest BCUT2D eigenvalue weighted by Gasteiger charge is 2.11. The van der Waals surface area contributed by atoms with Crippen LogP contribution in [0.15, 0.2) is 0 Å². The topological polar surface area (TPSA) is 20.2 Å². The fourth-order valence-electron chi connectivity index (χ4n) is 1.35. The van der Waals surface area contributed by atoms with Crippen LogP contribution in [0.25, 0.3) is 0 Å². The molecule has 0 aromatic carbocycles. The molecule has 1 atom stereocenters. The van der Waals surface area contributed by atoms with E-state index in [1.807, 2.05) is 0 Å². The Morgan fingerprint density at radius 3 is 2.17 bits per heavy atom. The first kappa shape index (κ1) is 12.0. The van der Waals surface area contributed by atoms with Gasteiger partial charge in [-0.05, 0) is 24.2 Å². The molecule has 0 saturated heterocycles. The van der Waals surface area contributed by atoms with Crippen LogP contribution in [0, 0.1) is 11.3 Å². The number of rotatable bonds is 5. The lowest BCUT2D eigenvalue weighted by molar-refractivity contribution is 0.206. The molecule has 0 amide bonds. The molecule has 0 aliphatic rings. The molecule has 12 heavy (non-hydrogen) atoms. The van der Waals surface area contributed by atoms with Gasteiger partial charge in [0.05, 0.1) is 0 Å². The van der Waals surface area contributed by atoms with E-state index >= 15 is 0 Å². The number of hydrogen-bond donors (Lipinski definition) is 1. The first-order chi connectivity index (χ1) is 5.49. The summed E-state index contributed by atoms with van der Waals surface area (Å²) in [5.74, 6) is 0.535. The highest BCUT2D eigenvalue weighted by atomic mass is 16.3. The van der Waals surface area contributed by atoms with Gasteiger partial charge in [0.2, 0.25) is 0 Å². The van der Waals surface area contributed by atoms with E-state index < -0.39 is 0 Å². The molecule has 0 aromatic rings. The second-order valence-corrected chi connectivity index (χ2v) is 4.91. The molecule has 0 aliphatic carbocycles. The van der Waals surface area contributed by atoms with Crippen LogP contribution in [0.5, 0.6) is 0 Å². The van der Waals surface area contributed by atoms with E-state index in [0.29, 0.717) is 17.9 Å². The number of hydrogen-bond acceptors (Lipinski definition) is 1. The Balaban J connectivity index is 3.41. The minimum absolute atomic E-state index is 0.362. The van der Waals surface area contributed by atoms with Crippen LogP contribution in [0.4, 0.5) is 0 Å². The van der Waals surface area contributed by atoms with E-state index in [-0.39, 0.29) is 0 Å². The molecular weight excluding hydrogens is 148 g/mol. The molecule has 0 spiro atoms. The normalized spacial score (nSPS) is 14.8. The molecule has 0 aliphatic heterocycles. The highest BCUT2D eigenvalue weighted by molar-refractivity contribution is 4.63. The largest absolute Gasteiger partial charge is 0.396 e. The molecule has 1 nitrogen and oxygen atoms in total. The lowest BCUT2D eigenvalue weighted by atomic mass is 9.87. The molecule has 0 heterocycles. The van der Waals surface area contributed by atoms with Crippen molar-refractivity contribution in [3.8, 4) is 0 Å². The van der Waals surface area contributed by atoms with Gasteiger partial charge >= 0.3 is 0 Å². The van der Waals surface area contributed by atoms with Gasteiger partial charge in [0, 0.05) is 6.61 Å². The third-order valence-corrected chi connectivity index (χ3v) is 2.37. The van der Waals surface area contributed by atoms with Gasteiger partial charge < -0.3 is 5.11 Å². The molecule has 1 N–H and O–H groups in total. The summed E-state index contributed by atoms with van der Waals surface area (Å²) in [6.07, 6.45) is 4.82. The molecule has 74 valence electrons. The van der Waals surface area contributed by atoms with Gasteiger partial charge in [0.15, 0.2) is 0 Å². The standard InChI is InChI=1S/C11H24O/c1-5-10(9-12)7-6-8-11(2,3)4/h10,12H,5-9H2,1-4H3. The second-order valence-electron chi connectivity index (χ2n) is 4.91. The summed E-state index contributed by atoms with van der Waals surface area (Å²) in [5.41, 5.74) is 0.452. The average molecular weight is 172 g/mol. The van der Waals surface area contributed by atoms with Crippen molar-refractivity contribution in [1.82, 2.24) is 0 Å². The van der Waals surface area contributed by atoms with Crippen LogP contribution in [-0.4, -0.2) is 11.7 Å². The first-order valence-electron chi connectivity index (χ1n) is 5.10. The summed E-state index contributed by atoms with van der Waals surface area (Å²) >= 11 is 0. The van der Waals surface area contributed by atoms with Crippen LogP contribution in [0.2, 0.25) is 0 Å². The van der Waals surface area contributed by atoms with Crippen molar-refractivity contribution in [2.75, 3.05) is 6.61 Å². The maximum absolute atomic E-state index is 8.96. The van der Waals surface area contributed by atoms with Crippen LogP contribution < -0.4 is 0 Å². The van der Waals surface area contributed by atoms with Crippen molar-refractivity contribution in [3.63, 3.8) is 0 Å². The zero-order valence-electron chi connectivity index (χ0n) is 9.06. The first-order valence-corrected chi connectivity index (χ1v) is 5.10. The van der Waals surface area contributed by atoms with Crippen molar-refractivity contribution in [1.29, 1.82) is 0 Å². The second kappa shape index (κ2) is 5.58. The highest BCUT2D eigenvalue weighted by Crippen LogP contribution is 2.23. The molecule has 0 saturated carbocycles. The van der Waals surface area contributed by atoms with E-state index in [4.69, 9.17) is 5.11 Å². The van der Waals surface area contributed by atoms with Crippen molar-refractivity contribution < 1.29 is 5.11 Å². The SMILES string of the molecule is CCC(CO)CCCC(C)(C)C. The Labute approximate surface area is 77.2 Å². The molecule has 0 bridgehead atoms. The minimum atomic E-state index is 0.362. The Hall–Kier alpha value is -0.0400. The molecule has 0 radical (unpaired) electrons. The smallest absolute Gasteiger partial charge is 0.0459 e. The zero-order valence-corrected chi connectivity index (χ0v) is 9.06. The van der Waals surface area contributed by atoms with Crippen molar-refractivity contribution in [3.05, 3.63) is 0 Å². The summed E-state index contributed by atoms with van der Waals surface area (Å²) in [5, 5.41) is 8.96. The number of aliphatic hydroxyl groups is 1. The summed E-state index contributed by atoms with van der Waals surface area (Å²) in [4.78, 5) is 0. The van der Waals surface area contributed by atoms with E-state index in [1.54, 1.807) is 0 Å². The molecule has 1 unspecified atom stereocenters. The van der Waals surface area contributed by atoms with E-state index in [1.165, 1.54) is 19.3 Å². The third-order valence-electron chi connectivity index (χ3n) is 2.37. The van der Waals surface area contributed by atoms with E-state index in [0.717, 1.165) is 6.42 Å². The Morgan fingerprint density at radius 1 is 1.25 bits per heavy atom. The van der Waals surface area contributed by atoms with Crippen LogP contribution in [-0.2, 0) is 0 Å². The quantitative estimate of drug-likeness (QED) is 0.675. The Morgan fingerprint density at radius 2 is 1.83 bits per heavy atom. The number of aliphatic hydroxyl groups excluding tert-OH is 1. The van der Waals surface area contributed by atoms with Crippen molar-refractivity contribution in [2.45, 2.75) is 53.4 Å². The van der Waals surface area contributed by atoms with Gasteiger partial charge in [-0.3, -0.25) is 0 Å². The van der Waals surface area contributed by atoms with Crippen LogP contribution in [0.1, 0.15) is 53.4 Å². The van der Waals surface area contributed by atoms with Crippen LogP contribution >= 0.6 is 0 Å². The zero-order chi connectivity index (χ0) is 9.61. The van der Waals surface area contributed by atoms with Gasteiger partial charge in [-0.15, -0.1) is 0 Å². The van der Waals surface area contributed by atoms with E-state index in [2.05, 4.69) is 27.7 Å². The van der Waals surface area contributed by atoms with Gasteiger partial charge in [0.25, 0.3) is 0 Å². The molecule has 1 heteroatoms. The summed E-state index contributed by atoms with van der Waals surface area (Å²) in [6, 6.07) is 0. The maximum atomic E-state index is 8.96. The Bertz CT molecular complexity index is 98.1. The molecule has 0 rings (SSSR count). The summed E-state index contributed by atoms with van der Waals surface area (Å²) < 4.78 is 0.